The third kappa shape index (κ3) is 1.32. The molecule has 0 radical (unpaired) electrons. The van der Waals surface area contributed by atoms with Gasteiger partial charge in [-0.3, -0.25) is 0 Å². The van der Waals surface area contributed by atoms with E-state index in [1.165, 1.54) is 33.4 Å². The van der Waals surface area contributed by atoms with Gasteiger partial charge in [-0.15, -0.1) is 0 Å². The lowest BCUT2D eigenvalue weighted by Gasteiger charge is -2.42. The summed E-state index contributed by atoms with van der Waals surface area (Å²) in [5.41, 5.74) is 9.05. The fourth-order valence-corrected chi connectivity index (χ4v) is 4.24. The minimum Gasteiger partial charge on any atom is -0.192 e. The van der Waals surface area contributed by atoms with E-state index in [0.29, 0.717) is 5.92 Å². The predicted molar refractivity (Wildman–Crippen MR) is 85.9 cm³/mol. The van der Waals surface area contributed by atoms with Crippen LogP contribution in [-0.2, 0) is 0 Å². The number of benzene rings is 3. The summed E-state index contributed by atoms with van der Waals surface area (Å²) in [6, 6.07) is 26.0. The second-order valence-electron chi connectivity index (χ2n) is 6.08. The van der Waals surface area contributed by atoms with Crippen molar-refractivity contribution in [2.75, 3.05) is 0 Å². The SMILES string of the molecule is N#Cc1ccc2c(c1)C1c3ccccc3C2c2ccccc21. The van der Waals surface area contributed by atoms with Gasteiger partial charge in [-0.05, 0) is 45.5 Å². The minimum atomic E-state index is 0.265. The molecule has 6 rings (SSSR count). The van der Waals surface area contributed by atoms with E-state index in [1.807, 2.05) is 6.07 Å². The first-order valence-corrected chi connectivity index (χ1v) is 7.60. The molecule has 3 aromatic carbocycles. The van der Waals surface area contributed by atoms with Gasteiger partial charge in [0.1, 0.15) is 0 Å². The van der Waals surface area contributed by atoms with Crippen molar-refractivity contribution in [3.05, 3.63) is 106 Å². The van der Waals surface area contributed by atoms with Crippen LogP contribution in [0.1, 0.15) is 50.8 Å². The maximum absolute atomic E-state index is 9.25. The Morgan fingerprint density at radius 2 is 1.05 bits per heavy atom. The quantitative estimate of drug-likeness (QED) is 0.408. The average Bonchev–Trinajstić information content (AvgIpc) is 2.60. The molecule has 3 aliphatic rings. The van der Waals surface area contributed by atoms with E-state index >= 15 is 0 Å². The van der Waals surface area contributed by atoms with Crippen molar-refractivity contribution in [3.63, 3.8) is 0 Å². The Morgan fingerprint density at radius 3 is 1.55 bits per heavy atom. The van der Waals surface area contributed by atoms with Gasteiger partial charge in [-0.2, -0.15) is 5.26 Å². The molecule has 2 bridgehead atoms. The van der Waals surface area contributed by atoms with Crippen LogP contribution in [0, 0.1) is 11.3 Å². The van der Waals surface area contributed by atoms with Gasteiger partial charge < -0.3 is 0 Å². The van der Waals surface area contributed by atoms with E-state index in [4.69, 9.17) is 0 Å². The van der Waals surface area contributed by atoms with Crippen LogP contribution in [-0.4, -0.2) is 0 Å². The van der Waals surface area contributed by atoms with Crippen LogP contribution >= 0.6 is 0 Å². The highest BCUT2D eigenvalue weighted by molar-refractivity contribution is 5.68. The smallest absolute Gasteiger partial charge is 0.0991 e. The normalized spacial score (nSPS) is 19.8. The van der Waals surface area contributed by atoms with E-state index in [9.17, 15) is 5.26 Å². The van der Waals surface area contributed by atoms with Gasteiger partial charge in [0.15, 0.2) is 0 Å². The molecule has 0 spiro atoms. The highest BCUT2D eigenvalue weighted by atomic mass is 14.4. The van der Waals surface area contributed by atoms with Crippen molar-refractivity contribution in [1.29, 1.82) is 5.26 Å². The molecule has 0 amide bonds. The molecular weight excluding hydrogens is 266 g/mol. The van der Waals surface area contributed by atoms with Crippen molar-refractivity contribution in [3.8, 4) is 6.07 Å². The zero-order chi connectivity index (χ0) is 14.7. The van der Waals surface area contributed by atoms with Gasteiger partial charge in [0.05, 0.1) is 11.6 Å². The monoisotopic (exact) mass is 279 g/mol. The second-order valence-corrected chi connectivity index (χ2v) is 6.08. The Morgan fingerprint density at radius 1 is 0.591 bits per heavy atom. The first-order chi connectivity index (χ1) is 10.9. The van der Waals surface area contributed by atoms with Gasteiger partial charge in [0.25, 0.3) is 0 Å². The van der Waals surface area contributed by atoms with Crippen LogP contribution in [0.2, 0.25) is 0 Å². The molecule has 0 unspecified atom stereocenters. The molecule has 22 heavy (non-hydrogen) atoms. The fourth-order valence-electron chi connectivity index (χ4n) is 4.24. The van der Waals surface area contributed by atoms with E-state index in [-0.39, 0.29) is 5.92 Å². The standard InChI is InChI=1S/C21H13N/c22-12-13-9-10-18-19(11-13)21-16-7-3-1-5-14(16)20(18)15-6-2-4-8-17(15)21/h1-11,20-21H. The third-order valence-electron chi connectivity index (χ3n) is 5.07. The topological polar surface area (TPSA) is 23.8 Å². The van der Waals surface area contributed by atoms with Crippen molar-refractivity contribution in [2.45, 2.75) is 11.8 Å². The van der Waals surface area contributed by atoms with Crippen LogP contribution in [0.25, 0.3) is 0 Å². The zero-order valence-electron chi connectivity index (χ0n) is 12.0. The molecule has 102 valence electrons. The molecule has 0 atom stereocenters. The highest BCUT2D eigenvalue weighted by Gasteiger charge is 2.40. The van der Waals surface area contributed by atoms with Crippen LogP contribution in [0.5, 0.6) is 0 Å². The molecule has 0 aromatic heterocycles. The molecule has 3 aliphatic carbocycles. The van der Waals surface area contributed by atoms with Crippen molar-refractivity contribution >= 4 is 0 Å². The first kappa shape index (κ1) is 11.8. The fraction of sp³-hybridized carbons (Fsp3) is 0.0952. The molecule has 1 heteroatoms. The van der Waals surface area contributed by atoms with Crippen molar-refractivity contribution in [2.24, 2.45) is 0 Å². The summed E-state index contributed by atoms with van der Waals surface area (Å²) >= 11 is 0. The molecule has 0 saturated carbocycles. The number of nitriles is 1. The van der Waals surface area contributed by atoms with Crippen LogP contribution < -0.4 is 0 Å². The lowest BCUT2D eigenvalue weighted by atomic mass is 9.61. The van der Waals surface area contributed by atoms with Crippen LogP contribution in [0.3, 0.4) is 0 Å². The number of hydrogen-bond donors (Lipinski definition) is 0. The summed E-state index contributed by atoms with van der Waals surface area (Å²) in [6.07, 6.45) is 0. The first-order valence-electron chi connectivity index (χ1n) is 7.60. The predicted octanol–water partition coefficient (Wildman–Crippen LogP) is 4.55. The lowest BCUT2D eigenvalue weighted by molar-refractivity contribution is 0.754. The summed E-state index contributed by atoms with van der Waals surface area (Å²) in [4.78, 5) is 0. The Hall–Kier alpha value is -2.85. The Bertz CT molecular complexity index is 914. The van der Waals surface area contributed by atoms with Gasteiger partial charge in [-0.25, -0.2) is 0 Å². The van der Waals surface area contributed by atoms with Gasteiger partial charge in [0.2, 0.25) is 0 Å². The summed E-state index contributed by atoms with van der Waals surface area (Å²) in [6.45, 7) is 0. The number of nitrogens with zero attached hydrogens (tertiary/aromatic N) is 1. The minimum absolute atomic E-state index is 0.265. The summed E-state index contributed by atoms with van der Waals surface area (Å²) in [5.74, 6) is 0.570. The highest BCUT2D eigenvalue weighted by Crippen LogP contribution is 2.55. The van der Waals surface area contributed by atoms with Crippen molar-refractivity contribution in [1.82, 2.24) is 0 Å². The molecule has 1 nitrogen and oxygen atoms in total. The molecule has 0 aliphatic heterocycles. The molecule has 0 saturated heterocycles. The number of rotatable bonds is 0. The van der Waals surface area contributed by atoms with Gasteiger partial charge in [-0.1, -0.05) is 54.6 Å². The molecule has 0 fully saturated rings. The molecule has 0 heterocycles. The van der Waals surface area contributed by atoms with E-state index in [2.05, 4.69) is 66.7 Å². The molecular formula is C21H13N. The number of hydrogen-bond acceptors (Lipinski definition) is 1. The molecule has 0 N–H and O–H groups in total. The largest absolute Gasteiger partial charge is 0.192 e. The van der Waals surface area contributed by atoms with E-state index in [1.54, 1.807) is 0 Å². The maximum atomic E-state index is 9.25. The second kappa shape index (κ2) is 4.08. The summed E-state index contributed by atoms with van der Waals surface area (Å²) in [5, 5.41) is 9.25. The van der Waals surface area contributed by atoms with Gasteiger partial charge >= 0.3 is 0 Å². The van der Waals surface area contributed by atoms with Crippen LogP contribution in [0.4, 0.5) is 0 Å². The Balaban J connectivity index is 1.90. The van der Waals surface area contributed by atoms with Crippen molar-refractivity contribution < 1.29 is 0 Å². The van der Waals surface area contributed by atoms with E-state index in [0.717, 1.165) is 5.56 Å². The Kier molecular flexibility index (Phi) is 2.19. The van der Waals surface area contributed by atoms with Crippen LogP contribution in [0.15, 0.2) is 66.7 Å². The average molecular weight is 279 g/mol. The summed E-state index contributed by atoms with van der Waals surface area (Å²) < 4.78 is 0. The zero-order valence-corrected chi connectivity index (χ0v) is 12.0. The lowest BCUT2D eigenvalue weighted by Crippen LogP contribution is -2.27. The molecule has 3 aromatic rings. The third-order valence-corrected chi connectivity index (χ3v) is 5.07. The summed E-state index contributed by atoms with van der Waals surface area (Å²) in [7, 11) is 0. The maximum Gasteiger partial charge on any atom is 0.0991 e. The van der Waals surface area contributed by atoms with E-state index < -0.39 is 0 Å². The van der Waals surface area contributed by atoms with Gasteiger partial charge in [0, 0.05) is 11.8 Å². The Labute approximate surface area is 129 Å².